The van der Waals surface area contributed by atoms with E-state index in [-0.39, 0.29) is 5.17 Å². The molecule has 0 saturated heterocycles. The molecule has 0 aliphatic heterocycles. The van der Waals surface area contributed by atoms with Gasteiger partial charge in [0.25, 0.3) is 0 Å². The summed E-state index contributed by atoms with van der Waals surface area (Å²) in [6.45, 7) is 0. The van der Waals surface area contributed by atoms with Gasteiger partial charge in [0.05, 0.1) is 6.26 Å². The summed E-state index contributed by atoms with van der Waals surface area (Å²) in [5.74, 6) is 0.995. The number of hydrogen-bond acceptors (Lipinski definition) is 3. The van der Waals surface area contributed by atoms with E-state index in [4.69, 9.17) is 21.2 Å². The second-order valence-corrected chi connectivity index (χ2v) is 4.49. The van der Waals surface area contributed by atoms with Crippen LogP contribution in [0.1, 0.15) is 16.9 Å². The van der Waals surface area contributed by atoms with Crippen LogP contribution in [0.25, 0.3) is 0 Å². The van der Waals surface area contributed by atoms with Gasteiger partial charge in [0.15, 0.2) is 0 Å². The Hall–Kier alpha value is -1.74. The van der Waals surface area contributed by atoms with Crippen LogP contribution in [-0.4, -0.2) is 10.4 Å². The van der Waals surface area contributed by atoms with Crippen molar-refractivity contribution in [3.05, 3.63) is 59.5 Å². The van der Waals surface area contributed by atoms with Gasteiger partial charge in [-0.1, -0.05) is 41.0 Å². The molecule has 4 heteroatoms. The number of oxime groups is 1. The average molecular weight is 264 g/mol. The minimum atomic E-state index is 0.193. The van der Waals surface area contributed by atoms with Gasteiger partial charge in [-0.2, -0.15) is 0 Å². The molecular formula is C14H14ClNO2. The van der Waals surface area contributed by atoms with Crippen molar-refractivity contribution in [3.8, 4) is 0 Å². The molecule has 0 amide bonds. The summed E-state index contributed by atoms with van der Waals surface area (Å²) in [7, 11) is 0. The van der Waals surface area contributed by atoms with E-state index in [2.05, 4.69) is 17.3 Å². The topological polar surface area (TPSA) is 45.7 Å². The van der Waals surface area contributed by atoms with E-state index in [1.54, 1.807) is 6.26 Å². The van der Waals surface area contributed by atoms with Gasteiger partial charge in [0, 0.05) is 12.8 Å². The summed E-state index contributed by atoms with van der Waals surface area (Å²) in [6, 6.07) is 12.0. The van der Waals surface area contributed by atoms with E-state index < -0.39 is 0 Å². The fraction of sp³-hybridized carbons (Fsp3) is 0.214. The highest BCUT2D eigenvalue weighted by Gasteiger charge is 2.01. The molecule has 3 nitrogen and oxygen atoms in total. The molecule has 2 aromatic rings. The minimum Gasteiger partial charge on any atom is -0.469 e. The number of rotatable bonds is 5. The first-order chi connectivity index (χ1) is 8.78. The van der Waals surface area contributed by atoms with Crippen molar-refractivity contribution in [1.29, 1.82) is 0 Å². The van der Waals surface area contributed by atoms with Gasteiger partial charge in [0.2, 0.25) is 0 Å². The van der Waals surface area contributed by atoms with Crippen LogP contribution in [0.3, 0.4) is 0 Å². The molecule has 0 unspecified atom stereocenters. The van der Waals surface area contributed by atoms with E-state index in [0.717, 1.165) is 24.2 Å². The molecule has 1 aromatic heterocycles. The first-order valence-corrected chi connectivity index (χ1v) is 6.12. The van der Waals surface area contributed by atoms with E-state index in [1.807, 2.05) is 24.3 Å². The smallest absolute Gasteiger partial charge is 0.149 e. The third kappa shape index (κ3) is 3.64. The Morgan fingerprint density at radius 3 is 2.44 bits per heavy atom. The molecule has 18 heavy (non-hydrogen) atoms. The van der Waals surface area contributed by atoms with Crippen molar-refractivity contribution < 1.29 is 9.62 Å². The van der Waals surface area contributed by atoms with Crippen LogP contribution in [0.5, 0.6) is 0 Å². The van der Waals surface area contributed by atoms with Crippen LogP contribution in [0.4, 0.5) is 0 Å². The van der Waals surface area contributed by atoms with Crippen LogP contribution >= 0.6 is 11.6 Å². The lowest BCUT2D eigenvalue weighted by atomic mass is 10.1. The maximum absolute atomic E-state index is 8.49. The van der Waals surface area contributed by atoms with Crippen molar-refractivity contribution in [2.75, 3.05) is 0 Å². The molecule has 0 spiro atoms. The Morgan fingerprint density at radius 1 is 1.11 bits per heavy atom. The molecule has 1 aromatic carbocycles. The third-order valence-corrected chi connectivity index (χ3v) is 2.93. The fourth-order valence-corrected chi connectivity index (χ4v) is 1.90. The largest absolute Gasteiger partial charge is 0.469 e. The Kier molecular flexibility index (Phi) is 4.42. The highest BCUT2D eigenvalue weighted by molar-refractivity contribution is 6.65. The summed E-state index contributed by atoms with van der Waals surface area (Å²) >= 11 is 5.66. The van der Waals surface area contributed by atoms with E-state index in [0.29, 0.717) is 6.42 Å². The zero-order valence-electron chi connectivity index (χ0n) is 9.84. The SMILES string of the molecule is O/N=C(\Cl)Cc1ccc(CCc2ccco2)cc1. The molecule has 0 radical (unpaired) electrons. The summed E-state index contributed by atoms with van der Waals surface area (Å²) in [4.78, 5) is 0. The molecule has 0 saturated carbocycles. The Bertz CT molecular complexity index is 503. The minimum absolute atomic E-state index is 0.193. The molecule has 0 aliphatic carbocycles. The average Bonchev–Trinajstić information content (AvgIpc) is 2.91. The summed E-state index contributed by atoms with van der Waals surface area (Å²) in [5, 5.41) is 11.6. The number of halogens is 1. The molecule has 94 valence electrons. The van der Waals surface area contributed by atoms with Crippen LogP contribution < -0.4 is 0 Å². The molecule has 1 N–H and O–H groups in total. The Morgan fingerprint density at radius 2 is 1.83 bits per heavy atom. The van der Waals surface area contributed by atoms with E-state index in [1.165, 1.54) is 5.56 Å². The zero-order valence-corrected chi connectivity index (χ0v) is 10.6. The second-order valence-electron chi connectivity index (χ2n) is 4.05. The van der Waals surface area contributed by atoms with E-state index >= 15 is 0 Å². The Balaban J connectivity index is 1.91. The van der Waals surface area contributed by atoms with Gasteiger partial charge in [-0.05, 0) is 29.7 Å². The molecule has 0 bridgehead atoms. The van der Waals surface area contributed by atoms with Crippen LogP contribution in [0.2, 0.25) is 0 Å². The normalized spacial score (nSPS) is 11.7. The first-order valence-electron chi connectivity index (χ1n) is 5.74. The summed E-state index contributed by atoms with van der Waals surface area (Å²) in [5.41, 5.74) is 2.27. The Labute approximate surface area is 111 Å². The highest BCUT2D eigenvalue weighted by atomic mass is 35.5. The van der Waals surface area contributed by atoms with Crippen molar-refractivity contribution in [2.24, 2.45) is 5.16 Å². The van der Waals surface area contributed by atoms with Gasteiger partial charge in [-0.25, -0.2) is 0 Å². The molecular weight excluding hydrogens is 250 g/mol. The van der Waals surface area contributed by atoms with Gasteiger partial charge in [-0.15, -0.1) is 0 Å². The molecule has 0 atom stereocenters. The maximum Gasteiger partial charge on any atom is 0.149 e. The standard InChI is InChI=1S/C14H14ClNO2/c15-14(16-17)10-12-5-3-11(4-6-12)7-8-13-2-1-9-18-13/h1-6,9,17H,7-8,10H2/b16-14-. The number of aryl methyl sites for hydroxylation is 2. The lowest BCUT2D eigenvalue weighted by Gasteiger charge is -2.02. The highest BCUT2D eigenvalue weighted by Crippen LogP contribution is 2.11. The first kappa shape index (κ1) is 12.7. The quantitative estimate of drug-likeness (QED) is 0.509. The van der Waals surface area contributed by atoms with Gasteiger partial charge in [-0.3, -0.25) is 0 Å². The molecule has 0 aliphatic rings. The van der Waals surface area contributed by atoms with Crippen LogP contribution in [-0.2, 0) is 19.3 Å². The summed E-state index contributed by atoms with van der Waals surface area (Å²) in [6.07, 6.45) is 3.98. The molecule has 0 fully saturated rings. The maximum atomic E-state index is 8.49. The number of furan rings is 1. The molecule has 1 heterocycles. The van der Waals surface area contributed by atoms with Gasteiger partial charge in [0.1, 0.15) is 10.9 Å². The number of nitrogens with zero attached hydrogens (tertiary/aromatic N) is 1. The van der Waals surface area contributed by atoms with Gasteiger partial charge < -0.3 is 9.62 Å². The van der Waals surface area contributed by atoms with Gasteiger partial charge >= 0.3 is 0 Å². The van der Waals surface area contributed by atoms with Crippen molar-refractivity contribution in [2.45, 2.75) is 19.3 Å². The van der Waals surface area contributed by atoms with Crippen molar-refractivity contribution >= 4 is 16.8 Å². The predicted molar refractivity (Wildman–Crippen MR) is 71.3 cm³/mol. The second kappa shape index (κ2) is 6.26. The van der Waals surface area contributed by atoms with E-state index in [9.17, 15) is 0 Å². The monoisotopic (exact) mass is 263 g/mol. The number of benzene rings is 1. The lowest BCUT2D eigenvalue weighted by molar-refractivity contribution is 0.319. The van der Waals surface area contributed by atoms with Crippen LogP contribution in [0, 0.1) is 0 Å². The zero-order chi connectivity index (χ0) is 12.8. The molecule has 2 rings (SSSR count). The number of hydrogen-bond donors (Lipinski definition) is 1. The fourth-order valence-electron chi connectivity index (χ4n) is 1.75. The predicted octanol–water partition coefficient (Wildman–Crippen LogP) is 3.63. The van der Waals surface area contributed by atoms with Crippen molar-refractivity contribution in [1.82, 2.24) is 0 Å². The van der Waals surface area contributed by atoms with Crippen molar-refractivity contribution in [3.63, 3.8) is 0 Å². The van der Waals surface area contributed by atoms with Crippen LogP contribution in [0.15, 0.2) is 52.2 Å². The third-order valence-electron chi connectivity index (χ3n) is 2.72. The summed E-state index contributed by atoms with van der Waals surface area (Å²) < 4.78 is 5.29. The lowest BCUT2D eigenvalue weighted by Crippen LogP contribution is -1.95.